The van der Waals surface area contributed by atoms with Gasteiger partial charge in [-0.2, -0.15) is 0 Å². The molecule has 2 unspecified atom stereocenters. The third-order valence-electron chi connectivity index (χ3n) is 8.68. The number of unbranched alkanes of at least 4 members (excludes halogenated alkanes) is 16. The van der Waals surface area contributed by atoms with Crippen molar-refractivity contribution >= 4 is 19.7 Å². The second kappa shape index (κ2) is 40.4. The molecule has 0 aliphatic carbocycles. The number of phosphoric ester groups is 1. The quantitative estimate of drug-likeness (QED) is 0.0243. The minimum Gasteiger partial charge on any atom is -0.463 e. The molecule has 0 aromatic carbocycles. The van der Waals surface area contributed by atoms with Crippen molar-refractivity contribution in [3.8, 4) is 0 Å². The van der Waals surface area contributed by atoms with Gasteiger partial charge in [0.05, 0.1) is 13.2 Å². The van der Waals surface area contributed by atoms with Gasteiger partial charge in [-0.05, 0) is 77.0 Å². The molecule has 0 spiro atoms. The molecule has 0 aromatic heterocycles. The van der Waals surface area contributed by atoms with E-state index >= 15 is 0 Å². The number of phosphoric acid groups is 1. The molecule has 312 valence electrons. The Balaban J connectivity index is 3.65. The monoisotopic (exact) mass is 780 g/mol. The zero-order valence-corrected chi connectivity index (χ0v) is 35.0. The molecular weight excluding hydrogens is 701 g/mol. The van der Waals surface area contributed by atoms with Gasteiger partial charge in [-0.25, -0.2) is 4.57 Å². The van der Waals surface area contributed by atoms with Crippen LogP contribution in [0, 0.1) is 0 Å². The third kappa shape index (κ3) is 40.9. The number of allylic oxidation sites excluding steroid dienone is 10. The topological polar surface area (TPSA) is 131 Å². The van der Waals surface area contributed by atoms with Gasteiger partial charge in [0.15, 0.2) is 0 Å². The zero-order valence-electron chi connectivity index (χ0n) is 34.1. The molecule has 10 heteroatoms. The average Bonchev–Trinajstić information content (AvgIpc) is 3.16. The second-order valence-corrected chi connectivity index (χ2v) is 15.4. The van der Waals surface area contributed by atoms with Crippen LogP contribution in [0.4, 0.5) is 0 Å². The lowest BCUT2D eigenvalue weighted by Gasteiger charge is -2.15. The lowest BCUT2D eigenvalue weighted by molar-refractivity contribution is -0.147. The lowest BCUT2D eigenvalue weighted by Crippen LogP contribution is -2.27. The van der Waals surface area contributed by atoms with Crippen LogP contribution in [-0.4, -0.2) is 54.3 Å². The number of hydrogen-bond donors (Lipinski definition) is 3. The fourth-order valence-electron chi connectivity index (χ4n) is 5.48. The first kappa shape index (κ1) is 51.7. The normalized spacial score (nSPS) is 13.9. The Morgan fingerprint density at radius 3 is 1.59 bits per heavy atom. The fraction of sp³-hybridized carbons (Fsp3) is 0.727. The van der Waals surface area contributed by atoms with E-state index in [-0.39, 0.29) is 32.1 Å². The number of amides is 1. The molecule has 0 aromatic rings. The maximum Gasteiger partial charge on any atom is 0.472 e. The molecule has 2 atom stereocenters. The number of aliphatic hydroxyl groups excluding tert-OH is 1. The summed E-state index contributed by atoms with van der Waals surface area (Å²) >= 11 is 0. The third-order valence-corrected chi connectivity index (χ3v) is 9.67. The van der Waals surface area contributed by atoms with Crippen molar-refractivity contribution in [2.45, 2.75) is 180 Å². The molecule has 3 N–H and O–H groups in total. The number of aliphatic hydroxyl groups is 1. The molecule has 0 radical (unpaired) electrons. The van der Waals surface area contributed by atoms with Gasteiger partial charge in [0, 0.05) is 19.4 Å². The summed E-state index contributed by atoms with van der Waals surface area (Å²) in [4.78, 5) is 33.9. The summed E-state index contributed by atoms with van der Waals surface area (Å²) in [5.41, 5.74) is 0. The van der Waals surface area contributed by atoms with Crippen molar-refractivity contribution in [3.63, 3.8) is 0 Å². The minimum atomic E-state index is -4.42. The van der Waals surface area contributed by atoms with Crippen molar-refractivity contribution in [1.29, 1.82) is 0 Å². The van der Waals surface area contributed by atoms with Crippen molar-refractivity contribution in [2.75, 3.05) is 26.4 Å². The number of carbonyl (C=O) groups is 2. The fourth-order valence-corrected chi connectivity index (χ4v) is 6.24. The van der Waals surface area contributed by atoms with E-state index in [4.69, 9.17) is 13.8 Å². The Kier molecular flexibility index (Phi) is 38.7. The highest BCUT2D eigenvalue weighted by Gasteiger charge is 2.23. The summed E-state index contributed by atoms with van der Waals surface area (Å²) in [6, 6.07) is 0. The molecule has 0 aliphatic heterocycles. The van der Waals surface area contributed by atoms with Gasteiger partial charge < -0.3 is 20.1 Å². The van der Waals surface area contributed by atoms with Crippen LogP contribution in [0.15, 0.2) is 60.8 Å². The molecular formula is C44H78NO8P. The molecule has 0 saturated heterocycles. The first-order valence-corrected chi connectivity index (χ1v) is 22.8. The van der Waals surface area contributed by atoms with Gasteiger partial charge in [-0.1, -0.05) is 145 Å². The second-order valence-electron chi connectivity index (χ2n) is 13.9. The Bertz CT molecular complexity index is 1070. The Morgan fingerprint density at radius 2 is 1.06 bits per heavy atom. The van der Waals surface area contributed by atoms with E-state index in [0.717, 1.165) is 96.3 Å². The van der Waals surface area contributed by atoms with Crippen LogP contribution in [0.3, 0.4) is 0 Å². The van der Waals surface area contributed by atoms with Crippen LogP contribution in [0.25, 0.3) is 0 Å². The van der Waals surface area contributed by atoms with Gasteiger partial charge in [0.2, 0.25) is 5.91 Å². The summed E-state index contributed by atoms with van der Waals surface area (Å²) in [5, 5.41) is 12.7. The number of ether oxygens (including phenoxy) is 1. The van der Waals surface area contributed by atoms with E-state index in [2.05, 4.69) is 79.9 Å². The van der Waals surface area contributed by atoms with Crippen LogP contribution >= 0.6 is 7.82 Å². The van der Waals surface area contributed by atoms with Gasteiger partial charge in [-0.15, -0.1) is 0 Å². The molecule has 1 amide bonds. The summed E-state index contributed by atoms with van der Waals surface area (Å²) < 4.78 is 26.8. The maximum absolute atomic E-state index is 12.1. The number of hydrogen-bond acceptors (Lipinski definition) is 7. The van der Waals surface area contributed by atoms with Crippen LogP contribution in [0.2, 0.25) is 0 Å². The summed E-state index contributed by atoms with van der Waals surface area (Å²) in [5.74, 6) is -0.545. The Morgan fingerprint density at radius 1 is 0.593 bits per heavy atom. The standard InChI is InChI=1S/C44H78NO8P/c1-3-5-7-9-11-13-15-17-19-20-21-23-25-27-29-31-33-35-37-44(48)51-40-42(46)41-53-54(49,50)52-39-38-45-43(47)36-34-32-30-28-26-24-22-18-16-14-12-10-8-6-4-2/h6,8,12-15,18-20,22,42,46H,3-5,7,9-11,16-17,21,23-41H2,1-2H3,(H,45,47)(H,49,50)/b8-6-,14-12-,15-13-,20-19-,22-18-. The van der Waals surface area contributed by atoms with E-state index in [9.17, 15) is 24.2 Å². The van der Waals surface area contributed by atoms with Crippen molar-refractivity contribution in [1.82, 2.24) is 5.32 Å². The van der Waals surface area contributed by atoms with Gasteiger partial charge in [0.1, 0.15) is 12.7 Å². The molecule has 0 heterocycles. The largest absolute Gasteiger partial charge is 0.472 e. The van der Waals surface area contributed by atoms with Crippen LogP contribution in [0.1, 0.15) is 174 Å². The van der Waals surface area contributed by atoms with E-state index in [0.29, 0.717) is 6.42 Å². The summed E-state index contributed by atoms with van der Waals surface area (Å²) in [6.45, 7) is 3.38. The molecule has 0 rings (SSSR count). The van der Waals surface area contributed by atoms with Crippen LogP contribution < -0.4 is 5.32 Å². The molecule has 54 heavy (non-hydrogen) atoms. The SMILES string of the molecule is CC/C=C\C/C=C\C/C=C\CCCCCCCC(=O)NCCOP(=O)(O)OCC(O)COC(=O)CCCCCCCCC/C=C\C/C=C\CCCCCC. The summed E-state index contributed by atoms with van der Waals surface area (Å²) in [6.07, 6.45) is 47.2. The number of nitrogens with one attached hydrogen (secondary N) is 1. The van der Waals surface area contributed by atoms with Gasteiger partial charge in [-0.3, -0.25) is 18.6 Å². The van der Waals surface area contributed by atoms with Crippen molar-refractivity contribution in [3.05, 3.63) is 60.8 Å². The minimum absolute atomic E-state index is 0.0685. The van der Waals surface area contributed by atoms with Gasteiger partial charge >= 0.3 is 13.8 Å². The van der Waals surface area contributed by atoms with Gasteiger partial charge in [0.25, 0.3) is 0 Å². The first-order chi connectivity index (χ1) is 26.3. The highest BCUT2D eigenvalue weighted by molar-refractivity contribution is 7.47. The zero-order chi connectivity index (χ0) is 39.6. The molecule has 0 saturated carbocycles. The molecule has 0 aliphatic rings. The lowest BCUT2D eigenvalue weighted by atomic mass is 10.1. The predicted molar refractivity (Wildman–Crippen MR) is 224 cm³/mol. The summed E-state index contributed by atoms with van der Waals surface area (Å²) in [7, 11) is -4.42. The van der Waals surface area contributed by atoms with E-state index in [1.54, 1.807) is 0 Å². The maximum atomic E-state index is 12.1. The average molecular weight is 780 g/mol. The Labute approximate surface area is 329 Å². The van der Waals surface area contributed by atoms with Crippen molar-refractivity contribution < 1.29 is 37.9 Å². The van der Waals surface area contributed by atoms with E-state index < -0.39 is 26.5 Å². The van der Waals surface area contributed by atoms with E-state index in [1.807, 2.05) is 0 Å². The highest BCUT2D eigenvalue weighted by atomic mass is 31.2. The molecule has 9 nitrogen and oxygen atoms in total. The molecule has 0 bridgehead atoms. The van der Waals surface area contributed by atoms with E-state index in [1.165, 1.54) is 51.4 Å². The van der Waals surface area contributed by atoms with Crippen molar-refractivity contribution in [2.24, 2.45) is 0 Å². The number of esters is 1. The van der Waals surface area contributed by atoms with Crippen LogP contribution in [-0.2, 0) is 27.9 Å². The predicted octanol–water partition coefficient (Wildman–Crippen LogP) is 11.7. The smallest absolute Gasteiger partial charge is 0.463 e. The Hall–Kier alpha value is -2.29. The number of rotatable bonds is 39. The number of carbonyl (C=O) groups excluding carboxylic acids is 2. The van der Waals surface area contributed by atoms with Crippen LogP contribution in [0.5, 0.6) is 0 Å². The first-order valence-electron chi connectivity index (χ1n) is 21.3. The highest BCUT2D eigenvalue weighted by Crippen LogP contribution is 2.42. The molecule has 0 fully saturated rings.